The van der Waals surface area contributed by atoms with E-state index in [4.69, 9.17) is 10.7 Å². The van der Waals surface area contributed by atoms with Crippen molar-refractivity contribution in [2.24, 2.45) is 5.90 Å². The lowest BCUT2D eigenvalue weighted by atomic mass is 9.87. The van der Waals surface area contributed by atoms with Crippen LogP contribution < -0.4 is 5.90 Å². The predicted molar refractivity (Wildman–Crippen MR) is 65.8 cm³/mol. The quantitative estimate of drug-likeness (QED) is 0.562. The fraction of sp³-hybridized carbons (Fsp3) is 0.769. The van der Waals surface area contributed by atoms with Crippen LogP contribution in [-0.2, 0) is 9.63 Å². The number of hydrogen-bond acceptors (Lipinski definition) is 3. The third-order valence-electron chi connectivity index (χ3n) is 3.87. The van der Waals surface area contributed by atoms with E-state index in [1.807, 2.05) is 0 Å². The van der Waals surface area contributed by atoms with Gasteiger partial charge >= 0.3 is 0 Å². The molecular weight excluding hydrogens is 216 g/mol. The molecule has 1 heterocycles. The molecule has 1 amide bonds. The molecule has 0 aromatic carbocycles. The van der Waals surface area contributed by atoms with E-state index in [9.17, 15) is 4.79 Å². The minimum Gasteiger partial charge on any atom is -0.312 e. The number of piperidine rings is 1. The lowest BCUT2D eigenvalue weighted by Gasteiger charge is -2.37. The van der Waals surface area contributed by atoms with Crippen molar-refractivity contribution < 1.29 is 9.63 Å². The highest BCUT2D eigenvalue weighted by Gasteiger charge is 2.31. The molecule has 1 aliphatic heterocycles. The van der Waals surface area contributed by atoms with Gasteiger partial charge in [0.1, 0.15) is 0 Å². The highest BCUT2D eigenvalue weighted by molar-refractivity contribution is 5.74. The summed E-state index contributed by atoms with van der Waals surface area (Å²) in [5, 5.41) is 0. The van der Waals surface area contributed by atoms with Gasteiger partial charge in [0.25, 0.3) is 0 Å². The number of carbonyl (C=O) groups is 1. The molecule has 0 bridgehead atoms. The van der Waals surface area contributed by atoms with Gasteiger partial charge in [-0.25, -0.2) is 5.90 Å². The van der Waals surface area contributed by atoms with E-state index in [2.05, 4.69) is 0 Å². The van der Waals surface area contributed by atoms with Crippen LogP contribution in [0.1, 0.15) is 51.9 Å². The van der Waals surface area contributed by atoms with Gasteiger partial charge in [0.15, 0.2) is 6.23 Å². The Morgan fingerprint density at radius 2 is 1.94 bits per heavy atom. The Morgan fingerprint density at radius 3 is 2.53 bits per heavy atom. The molecule has 1 saturated carbocycles. The molecule has 4 heteroatoms. The van der Waals surface area contributed by atoms with Crippen LogP contribution in [0.2, 0.25) is 0 Å². The smallest absolute Gasteiger partial charge is 0.221 e. The van der Waals surface area contributed by atoms with E-state index < -0.39 is 0 Å². The molecule has 96 valence electrons. The highest BCUT2D eigenvalue weighted by Crippen LogP contribution is 2.33. The van der Waals surface area contributed by atoms with Crippen molar-refractivity contribution in [3.8, 4) is 0 Å². The Balaban J connectivity index is 2.22. The Bertz CT molecular complexity index is 317. The molecule has 0 radical (unpaired) electrons. The van der Waals surface area contributed by atoms with Crippen molar-refractivity contribution >= 4 is 5.91 Å². The van der Waals surface area contributed by atoms with Crippen LogP contribution >= 0.6 is 0 Å². The first-order valence-electron chi connectivity index (χ1n) is 6.57. The molecule has 2 rings (SSSR count). The monoisotopic (exact) mass is 238 g/mol. The first kappa shape index (κ1) is 12.6. The Hall–Kier alpha value is -0.870. The maximum atomic E-state index is 11.6. The van der Waals surface area contributed by atoms with Crippen molar-refractivity contribution in [2.75, 3.05) is 6.54 Å². The lowest BCUT2D eigenvalue weighted by molar-refractivity contribution is -0.143. The van der Waals surface area contributed by atoms with Crippen LogP contribution in [0.25, 0.3) is 0 Å². The van der Waals surface area contributed by atoms with Crippen molar-refractivity contribution in [2.45, 2.75) is 58.1 Å². The summed E-state index contributed by atoms with van der Waals surface area (Å²) in [6.07, 6.45) is 7.89. The normalized spacial score (nSPS) is 26.2. The molecule has 0 aromatic rings. The fourth-order valence-electron chi connectivity index (χ4n) is 3.00. The molecule has 2 fully saturated rings. The predicted octanol–water partition coefficient (Wildman–Crippen LogP) is 2.11. The number of rotatable bonds is 1. The number of carbonyl (C=O) groups excluding carboxylic acids is 1. The molecule has 17 heavy (non-hydrogen) atoms. The minimum absolute atomic E-state index is 0.0501. The summed E-state index contributed by atoms with van der Waals surface area (Å²) in [7, 11) is 0. The maximum Gasteiger partial charge on any atom is 0.221 e. The number of likely N-dealkylation sites (tertiary alicyclic amines) is 1. The van der Waals surface area contributed by atoms with Gasteiger partial charge in [-0.05, 0) is 44.1 Å². The molecule has 2 aliphatic rings. The molecule has 1 unspecified atom stereocenters. The third kappa shape index (κ3) is 2.69. The average Bonchev–Trinajstić information content (AvgIpc) is 2.38. The van der Waals surface area contributed by atoms with E-state index in [1.54, 1.807) is 11.8 Å². The molecular formula is C13H22N2O2. The first-order chi connectivity index (χ1) is 8.24. The van der Waals surface area contributed by atoms with Gasteiger partial charge in [-0.1, -0.05) is 12.0 Å². The molecule has 1 aliphatic carbocycles. The number of amides is 1. The second-order valence-electron chi connectivity index (χ2n) is 4.99. The minimum atomic E-state index is -0.311. The maximum absolute atomic E-state index is 11.6. The van der Waals surface area contributed by atoms with Crippen LogP contribution in [0.15, 0.2) is 11.1 Å². The van der Waals surface area contributed by atoms with Gasteiger partial charge in [0.2, 0.25) is 5.91 Å². The first-order valence-corrected chi connectivity index (χ1v) is 6.57. The zero-order chi connectivity index (χ0) is 12.3. The lowest BCUT2D eigenvalue weighted by Crippen LogP contribution is -2.47. The highest BCUT2D eigenvalue weighted by atomic mass is 16.6. The van der Waals surface area contributed by atoms with Crippen molar-refractivity contribution in [1.29, 1.82) is 0 Å². The second-order valence-corrected chi connectivity index (χ2v) is 4.99. The SMILES string of the molecule is CC(=O)N1CCCC(=C2CCCCC2)C1ON. The largest absolute Gasteiger partial charge is 0.312 e. The number of hydrogen-bond donors (Lipinski definition) is 1. The average molecular weight is 238 g/mol. The van der Waals surface area contributed by atoms with Crippen LogP contribution in [0.3, 0.4) is 0 Å². The van der Waals surface area contributed by atoms with Crippen molar-refractivity contribution in [3.63, 3.8) is 0 Å². The van der Waals surface area contributed by atoms with E-state index in [0.717, 1.165) is 32.2 Å². The van der Waals surface area contributed by atoms with Gasteiger partial charge < -0.3 is 4.90 Å². The summed E-state index contributed by atoms with van der Waals surface area (Å²) >= 11 is 0. The Kier molecular flexibility index (Phi) is 4.18. The topological polar surface area (TPSA) is 55.6 Å². The number of nitrogens with zero attached hydrogens (tertiary/aromatic N) is 1. The van der Waals surface area contributed by atoms with Gasteiger partial charge in [0.05, 0.1) is 0 Å². The van der Waals surface area contributed by atoms with E-state index in [-0.39, 0.29) is 12.1 Å². The number of allylic oxidation sites excluding steroid dienone is 1. The molecule has 1 atom stereocenters. The number of nitrogens with two attached hydrogens (primary N) is 1. The van der Waals surface area contributed by atoms with Gasteiger partial charge in [-0.15, -0.1) is 0 Å². The summed E-state index contributed by atoms with van der Waals surface area (Å²) in [6, 6.07) is 0. The molecule has 0 aromatic heterocycles. The Labute approximate surface area is 103 Å². The second kappa shape index (κ2) is 5.65. The standard InChI is InChI=1S/C13H22N2O2/c1-10(16)15-9-5-8-12(13(15)17-14)11-6-3-2-4-7-11/h13H,2-9,14H2,1H3. The third-order valence-corrected chi connectivity index (χ3v) is 3.87. The summed E-state index contributed by atoms with van der Waals surface area (Å²) in [4.78, 5) is 18.4. The van der Waals surface area contributed by atoms with Crippen LogP contribution in [0.5, 0.6) is 0 Å². The zero-order valence-electron chi connectivity index (χ0n) is 10.6. The molecule has 0 spiro atoms. The van der Waals surface area contributed by atoms with Crippen LogP contribution in [0, 0.1) is 0 Å². The van der Waals surface area contributed by atoms with Gasteiger partial charge in [0, 0.05) is 13.5 Å². The zero-order valence-corrected chi connectivity index (χ0v) is 10.6. The Morgan fingerprint density at radius 1 is 1.24 bits per heavy atom. The summed E-state index contributed by atoms with van der Waals surface area (Å²) in [5.41, 5.74) is 2.76. The van der Waals surface area contributed by atoms with E-state index >= 15 is 0 Å². The molecule has 1 saturated heterocycles. The van der Waals surface area contributed by atoms with E-state index in [0.29, 0.717) is 0 Å². The molecule has 2 N–H and O–H groups in total. The fourth-order valence-corrected chi connectivity index (χ4v) is 3.00. The summed E-state index contributed by atoms with van der Waals surface area (Å²) < 4.78 is 0. The van der Waals surface area contributed by atoms with Crippen molar-refractivity contribution in [3.05, 3.63) is 11.1 Å². The van der Waals surface area contributed by atoms with Crippen LogP contribution in [0.4, 0.5) is 0 Å². The molecule has 4 nitrogen and oxygen atoms in total. The van der Waals surface area contributed by atoms with Crippen LogP contribution in [-0.4, -0.2) is 23.6 Å². The van der Waals surface area contributed by atoms with Crippen molar-refractivity contribution in [1.82, 2.24) is 4.90 Å². The summed E-state index contributed by atoms with van der Waals surface area (Å²) in [6.45, 7) is 2.34. The van der Waals surface area contributed by atoms with E-state index in [1.165, 1.54) is 30.4 Å². The van der Waals surface area contributed by atoms with Gasteiger partial charge in [-0.3, -0.25) is 9.63 Å². The summed E-state index contributed by atoms with van der Waals surface area (Å²) in [5.74, 6) is 5.45. The van der Waals surface area contributed by atoms with Gasteiger partial charge in [-0.2, -0.15) is 0 Å².